The van der Waals surface area contributed by atoms with E-state index < -0.39 is 21.6 Å². The standard InChI is InChI=1S/C13H18BrNO5S/c1-4-20-13(2,3)8-15-21(18,19)9-5-6-11(14)10(7-9)12(16)17/h5-7,15H,4,8H2,1-3H3,(H,16,17). The summed E-state index contributed by atoms with van der Waals surface area (Å²) in [5, 5.41) is 9.02. The number of carboxylic acid groups (broad SMARTS) is 1. The highest BCUT2D eigenvalue weighted by molar-refractivity contribution is 9.10. The number of nitrogens with one attached hydrogen (secondary N) is 1. The van der Waals surface area contributed by atoms with Crippen LogP contribution in [-0.4, -0.2) is 38.2 Å². The smallest absolute Gasteiger partial charge is 0.336 e. The van der Waals surface area contributed by atoms with Crippen LogP contribution in [0.4, 0.5) is 0 Å². The second-order valence-corrected chi connectivity index (χ2v) is 7.59. The van der Waals surface area contributed by atoms with Crippen LogP contribution >= 0.6 is 15.9 Å². The monoisotopic (exact) mass is 379 g/mol. The molecule has 8 heteroatoms. The molecule has 118 valence electrons. The van der Waals surface area contributed by atoms with E-state index in [-0.39, 0.29) is 17.0 Å². The van der Waals surface area contributed by atoms with Crippen molar-refractivity contribution in [3.63, 3.8) is 0 Å². The number of halogens is 1. The number of hydrogen-bond acceptors (Lipinski definition) is 4. The van der Waals surface area contributed by atoms with Crippen molar-refractivity contribution in [3.05, 3.63) is 28.2 Å². The second kappa shape index (κ2) is 6.87. The van der Waals surface area contributed by atoms with E-state index in [0.717, 1.165) is 6.07 Å². The minimum Gasteiger partial charge on any atom is -0.478 e. The summed E-state index contributed by atoms with van der Waals surface area (Å²) >= 11 is 3.07. The van der Waals surface area contributed by atoms with Crippen LogP contribution in [0.25, 0.3) is 0 Å². The van der Waals surface area contributed by atoms with Gasteiger partial charge in [0, 0.05) is 17.6 Å². The Morgan fingerprint density at radius 3 is 2.57 bits per heavy atom. The Labute approximate surface area is 132 Å². The highest BCUT2D eigenvalue weighted by Crippen LogP contribution is 2.21. The summed E-state index contributed by atoms with van der Waals surface area (Å²) in [4.78, 5) is 10.9. The summed E-state index contributed by atoms with van der Waals surface area (Å²) in [6, 6.07) is 3.85. The summed E-state index contributed by atoms with van der Waals surface area (Å²) in [5.41, 5.74) is -0.755. The van der Waals surface area contributed by atoms with E-state index in [4.69, 9.17) is 9.84 Å². The van der Waals surface area contributed by atoms with Gasteiger partial charge in [0.25, 0.3) is 0 Å². The van der Waals surface area contributed by atoms with Crippen molar-refractivity contribution in [2.45, 2.75) is 31.3 Å². The second-order valence-electron chi connectivity index (χ2n) is 4.96. The van der Waals surface area contributed by atoms with Crippen molar-refractivity contribution >= 4 is 31.9 Å². The van der Waals surface area contributed by atoms with Gasteiger partial charge in [0.05, 0.1) is 16.1 Å². The van der Waals surface area contributed by atoms with Crippen LogP contribution in [0.1, 0.15) is 31.1 Å². The predicted molar refractivity (Wildman–Crippen MR) is 82.0 cm³/mol. The summed E-state index contributed by atoms with van der Waals surface area (Å²) in [5.74, 6) is -1.20. The fourth-order valence-corrected chi connectivity index (χ4v) is 3.27. The van der Waals surface area contributed by atoms with Gasteiger partial charge >= 0.3 is 5.97 Å². The molecule has 0 aromatic heterocycles. The van der Waals surface area contributed by atoms with E-state index in [9.17, 15) is 13.2 Å². The van der Waals surface area contributed by atoms with Gasteiger partial charge in [0.15, 0.2) is 0 Å². The average molecular weight is 380 g/mol. The lowest BCUT2D eigenvalue weighted by Crippen LogP contribution is -2.40. The van der Waals surface area contributed by atoms with E-state index in [2.05, 4.69) is 20.7 Å². The summed E-state index contributed by atoms with van der Waals surface area (Å²) in [6.45, 7) is 5.91. The summed E-state index contributed by atoms with van der Waals surface area (Å²) < 4.78 is 32.5. The molecule has 0 spiro atoms. The number of benzene rings is 1. The SMILES string of the molecule is CCOC(C)(C)CNS(=O)(=O)c1ccc(Br)c(C(=O)O)c1. The summed E-state index contributed by atoms with van der Waals surface area (Å²) in [6.07, 6.45) is 0. The van der Waals surface area contributed by atoms with E-state index in [0.29, 0.717) is 11.1 Å². The number of ether oxygens (including phenoxy) is 1. The molecule has 0 aliphatic carbocycles. The molecule has 21 heavy (non-hydrogen) atoms. The first kappa shape index (κ1) is 18.1. The molecule has 0 saturated heterocycles. The molecule has 1 rings (SSSR count). The maximum Gasteiger partial charge on any atom is 0.336 e. The topological polar surface area (TPSA) is 92.7 Å². The molecule has 0 unspecified atom stereocenters. The normalized spacial score (nSPS) is 12.4. The Morgan fingerprint density at radius 1 is 1.43 bits per heavy atom. The van der Waals surface area contributed by atoms with Crippen molar-refractivity contribution in [1.82, 2.24) is 4.72 Å². The molecule has 0 aliphatic rings. The largest absolute Gasteiger partial charge is 0.478 e. The summed E-state index contributed by atoms with van der Waals surface area (Å²) in [7, 11) is -3.80. The third kappa shape index (κ3) is 5.06. The Bertz CT molecular complexity index is 627. The van der Waals surface area contributed by atoms with Crippen LogP contribution in [0.2, 0.25) is 0 Å². The fraction of sp³-hybridized carbons (Fsp3) is 0.462. The van der Waals surface area contributed by atoms with Gasteiger partial charge in [0.2, 0.25) is 10.0 Å². The van der Waals surface area contributed by atoms with E-state index in [1.54, 1.807) is 13.8 Å². The molecule has 2 N–H and O–H groups in total. The molecule has 0 radical (unpaired) electrons. The van der Waals surface area contributed by atoms with Crippen LogP contribution in [0, 0.1) is 0 Å². The van der Waals surface area contributed by atoms with Crippen LogP contribution in [0.3, 0.4) is 0 Å². The van der Waals surface area contributed by atoms with Crippen molar-refractivity contribution in [1.29, 1.82) is 0 Å². The molecule has 0 fully saturated rings. The molecule has 0 aliphatic heterocycles. The Morgan fingerprint density at radius 2 is 2.05 bits per heavy atom. The van der Waals surface area contributed by atoms with Gasteiger partial charge in [-0.1, -0.05) is 0 Å². The molecule has 1 aromatic carbocycles. The molecular weight excluding hydrogens is 362 g/mol. The predicted octanol–water partition coefficient (Wildman–Crippen LogP) is 2.24. The van der Waals surface area contributed by atoms with E-state index >= 15 is 0 Å². The van der Waals surface area contributed by atoms with Crippen LogP contribution < -0.4 is 4.72 Å². The maximum atomic E-state index is 12.2. The molecule has 0 bridgehead atoms. The fourth-order valence-electron chi connectivity index (χ4n) is 1.63. The van der Waals surface area contributed by atoms with Gasteiger partial charge in [-0.2, -0.15) is 0 Å². The van der Waals surface area contributed by atoms with Crippen molar-refractivity contribution in [2.75, 3.05) is 13.2 Å². The third-order valence-corrected chi connectivity index (χ3v) is 4.79. The molecule has 0 amide bonds. The quantitative estimate of drug-likeness (QED) is 0.757. The van der Waals surface area contributed by atoms with Crippen molar-refractivity contribution in [3.8, 4) is 0 Å². The van der Waals surface area contributed by atoms with Crippen molar-refractivity contribution < 1.29 is 23.1 Å². The lowest BCUT2D eigenvalue weighted by Gasteiger charge is -2.24. The van der Waals surface area contributed by atoms with Crippen LogP contribution in [0.5, 0.6) is 0 Å². The van der Waals surface area contributed by atoms with Gasteiger partial charge in [-0.25, -0.2) is 17.9 Å². The molecule has 0 heterocycles. The Kier molecular flexibility index (Phi) is 5.92. The van der Waals surface area contributed by atoms with E-state index in [1.165, 1.54) is 12.1 Å². The van der Waals surface area contributed by atoms with Crippen molar-refractivity contribution in [2.24, 2.45) is 0 Å². The Balaban J connectivity index is 2.99. The third-order valence-electron chi connectivity index (χ3n) is 2.70. The first-order valence-electron chi connectivity index (χ1n) is 6.25. The number of sulfonamides is 1. The molecule has 1 aromatic rings. The zero-order valence-electron chi connectivity index (χ0n) is 12.0. The van der Waals surface area contributed by atoms with Gasteiger partial charge in [-0.15, -0.1) is 0 Å². The number of carbonyl (C=O) groups is 1. The number of carboxylic acids is 1. The van der Waals surface area contributed by atoms with Crippen LogP contribution in [-0.2, 0) is 14.8 Å². The Hall–Kier alpha value is -0.960. The first-order valence-corrected chi connectivity index (χ1v) is 8.53. The lowest BCUT2D eigenvalue weighted by atomic mass is 10.1. The molecule has 0 atom stereocenters. The average Bonchev–Trinajstić information content (AvgIpc) is 2.36. The van der Waals surface area contributed by atoms with E-state index in [1.807, 2.05) is 6.92 Å². The van der Waals surface area contributed by atoms with Gasteiger partial charge in [-0.05, 0) is 54.9 Å². The lowest BCUT2D eigenvalue weighted by molar-refractivity contribution is -0.00515. The number of rotatable bonds is 7. The minimum absolute atomic E-state index is 0.0850. The molecule has 0 saturated carbocycles. The first-order chi connectivity index (χ1) is 9.59. The van der Waals surface area contributed by atoms with Gasteiger partial charge < -0.3 is 9.84 Å². The highest BCUT2D eigenvalue weighted by atomic mass is 79.9. The zero-order valence-corrected chi connectivity index (χ0v) is 14.4. The number of aromatic carboxylic acids is 1. The van der Waals surface area contributed by atoms with Gasteiger partial charge in [0.1, 0.15) is 0 Å². The highest BCUT2D eigenvalue weighted by Gasteiger charge is 2.23. The zero-order chi connectivity index (χ0) is 16.3. The van der Waals surface area contributed by atoms with Crippen LogP contribution in [0.15, 0.2) is 27.6 Å². The molecular formula is C13H18BrNO5S. The minimum atomic E-state index is -3.80. The number of hydrogen-bond donors (Lipinski definition) is 2. The molecule has 6 nitrogen and oxygen atoms in total. The van der Waals surface area contributed by atoms with Gasteiger partial charge in [-0.3, -0.25) is 0 Å². The maximum absolute atomic E-state index is 12.2.